The standard InChI is InChI=1S/C16H15F3N2/c1-11-9-21(10-12-4-2-3-5-15(11)12)14-6-13(7-20-8-14)16(17,18)19/h2-8,11H,9-10H2,1H3. The van der Waals surface area contributed by atoms with Crippen molar-refractivity contribution in [1.82, 2.24) is 4.98 Å². The van der Waals surface area contributed by atoms with Gasteiger partial charge in [-0.15, -0.1) is 0 Å². The van der Waals surface area contributed by atoms with Gasteiger partial charge in [0.25, 0.3) is 0 Å². The zero-order chi connectivity index (χ0) is 15.0. The van der Waals surface area contributed by atoms with Gasteiger partial charge in [-0.25, -0.2) is 0 Å². The second-order valence-electron chi connectivity index (χ2n) is 5.41. The van der Waals surface area contributed by atoms with Gasteiger partial charge in [-0.3, -0.25) is 4.98 Å². The molecule has 1 aromatic carbocycles. The molecule has 0 spiro atoms. The summed E-state index contributed by atoms with van der Waals surface area (Å²) in [6.45, 7) is 3.40. The van der Waals surface area contributed by atoms with Gasteiger partial charge < -0.3 is 4.90 Å². The highest BCUT2D eigenvalue weighted by atomic mass is 19.4. The first-order chi connectivity index (χ1) is 9.95. The molecule has 0 bridgehead atoms. The Morgan fingerprint density at radius 3 is 2.71 bits per heavy atom. The Bertz CT molecular complexity index is 652. The molecule has 2 aromatic rings. The fourth-order valence-electron chi connectivity index (χ4n) is 2.81. The summed E-state index contributed by atoms with van der Waals surface area (Å²) in [4.78, 5) is 5.70. The van der Waals surface area contributed by atoms with Crippen molar-refractivity contribution in [3.63, 3.8) is 0 Å². The SMILES string of the molecule is CC1CN(c2cncc(C(F)(F)F)c2)Cc2ccccc21. The molecular weight excluding hydrogens is 277 g/mol. The normalized spacial score (nSPS) is 18.5. The summed E-state index contributed by atoms with van der Waals surface area (Å²) in [5.74, 6) is 0.282. The van der Waals surface area contributed by atoms with E-state index in [9.17, 15) is 13.2 Å². The molecule has 0 saturated heterocycles. The molecule has 0 saturated carbocycles. The third-order valence-corrected chi connectivity index (χ3v) is 3.86. The first-order valence-corrected chi connectivity index (χ1v) is 6.80. The van der Waals surface area contributed by atoms with Crippen molar-refractivity contribution in [2.45, 2.75) is 25.6 Å². The molecule has 0 N–H and O–H groups in total. The zero-order valence-electron chi connectivity index (χ0n) is 11.6. The fourth-order valence-corrected chi connectivity index (χ4v) is 2.81. The van der Waals surface area contributed by atoms with Crippen molar-refractivity contribution in [3.05, 3.63) is 59.4 Å². The average molecular weight is 292 g/mol. The third kappa shape index (κ3) is 2.73. The fraction of sp³-hybridized carbons (Fsp3) is 0.312. The lowest BCUT2D eigenvalue weighted by Crippen LogP contribution is -2.32. The molecule has 110 valence electrons. The van der Waals surface area contributed by atoms with Crippen molar-refractivity contribution in [2.75, 3.05) is 11.4 Å². The quantitative estimate of drug-likeness (QED) is 0.782. The van der Waals surface area contributed by atoms with Gasteiger partial charge in [0, 0.05) is 19.3 Å². The second kappa shape index (κ2) is 5.06. The van der Waals surface area contributed by atoms with E-state index in [-0.39, 0.29) is 5.92 Å². The first kappa shape index (κ1) is 13.9. The molecule has 1 unspecified atom stereocenters. The van der Waals surface area contributed by atoms with Gasteiger partial charge in [-0.05, 0) is 23.1 Å². The number of alkyl halides is 3. The number of aromatic nitrogens is 1. The van der Waals surface area contributed by atoms with Gasteiger partial charge in [0.2, 0.25) is 0 Å². The van der Waals surface area contributed by atoms with E-state index >= 15 is 0 Å². The van der Waals surface area contributed by atoms with Crippen molar-refractivity contribution in [1.29, 1.82) is 0 Å². The number of hydrogen-bond acceptors (Lipinski definition) is 2. The highest BCUT2D eigenvalue weighted by molar-refractivity contribution is 5.50. The van der Waals surface area contributed by atoms with Crippen LogP contribution < -0.4 is 4.90 Å². The van der Waals surface area contributed by atoms with Crippen LogP contribution in [0.3, 0.4) is 0 Å². The zero-order valence-corrected chi connectivity index (χ0v) is 11.6. The Kier molecular flexibility index (Phi) is 3.35. The summed E-state index contributed by atoms with van der Waals surface area (Å²) in [7, 11) is 0. The molecule has 1 aromatic heterocycles. The Morgan fingerprint density at radius 1 is 1.19 bits per heavy atom. The number of rotatable bonds is 1. The van der Waals surface area contributed by atoms with Crippen molar-refractivity contribution in [2.24, 2.45) is 0 Å². The maximum Gasteiger partial charge on any atom is 0.417 e. The third-order valence-electron chi connectivity index (χ3n) is 3.86. The van der Waals surface area contributed by atoms with E-state index < -0.39 is 11.7 Å². The summed E-state index contributed by atoms with van der Waals surface area (Å²) in [5, 5.41) is 0. The molecule has 0 fully saturated rings. The smallest absolute Gasteiger partial charge is 0.365 e. The lowest BCUT2D eigenvalue weighted by atomic mass is 9.91. The van der Waals surface area contributed by atoms with Crippen LogP contribution in [0.25, 0.3) is 0 Å². The highest BCUT2D eigenvalue weighted by Gasteiger charge is 2.32. The number of pyridine rings is 1. The van der Waals surface area contributed by atoms with E-state index in [1.165, 1.54) is 17.8 Å². The van der Waals surface area contributed by atoms with Crippen LogP contribution in [0.4, 0.5) is 18.9 Å². The van der Waals surface area contributed by atoms with Gasteiger partial charge in [0.15, 0.2) is 0 Å². The number of nitrogens with zero attached hydrogens (tertiary/aromatic N) is 2. The van der Waals surface area contributed by atoms with Crippen LogP contribution in [0, 0.1) is 0 Å². The lowest BCUT2D eigenvalue weighted by Gasteiger charge is -2.34. The Labute approximate surface area is 121 Å². The number of benzene rings is 1. The van der Waals surface area contributed by atoms with Gasteiger partial charge in [-0.2, -0.15) is 13.2 Å². The molecule has 0 amide bonds. The average Bonchev–Trinajstić information content (AvgIpc) is 2.46. The van der Waals surface area contributed by atoms with Crippen molar-refractivity contribution in [3.8, 4) is 0 Å². The molecule has 1 aliphatic rings. The Balaban J connectivity index is 1.93. The minimum absolute atomic E-state index is 0.282. The van der Waals surface area contributed by atoms with Crippen LogP contribution >= 0.6 is 0 Å². The summed E-state index contributed by atoms with van der Waals surface area (Å²) in [5.41, 5.74) is 2.25. The molecule has 1 aliphatic heterocycles. The molecule has 0 aliphatic carbocycles. The molecular formula is C16H15F3N2. The van der Waals surface area contributed by atoms with Crippen LogP contribution in [0.15, 0.2) is 42.7 Å². The Hall–Kier alpha value is -2.04. The van der Waals surface area contributed by atoms with Gasteiger partial charge in [0.1, 0.15) is 0 Å². The largest absolute Gasteiger partial charge is 0.417 e. The topological polar surface area (TPSA) is 16.1 Å². The second-order valence-corrected chi connectivity index (χ2v) is 5.41. The number of hydrogen-bond donors (Lipinski definition) is 0. The molecule has 2 heterocycles. The molecule has 3 rings (SSSR count). The van der Waals surface area contributed by atoms with Crippen LogP contribution in [0.2, 0.25) is 0 Å². The van der Waals surface area contributed by atoms with Crippen LogP contribution in [0.1, 0.15) is 29.5 Å². The Morgan fingerprint density at radius 2 is 1.95 bits per heavy atom. The van der Waals surface area contributed by atoms with Crippen molar-refractivity contribution >= 4 is 5.69 Å². The van der Waals surface area contributed by atoms with E-state index in [0.717, 1.165) is 11.8 Å². The lowest BCUT2D eigenvalue weighted by molar-refractivity contribution is -0.137. The van der Waals surface area contributed by atoms with Gasteiger partial charge in [-0.1, -0.05) is 31.2 Å². The van der Waals surface area contributed by atoms with Crippen LogP contribution in [-0.4, -0.2) is 11.5 Å². The summed E-state index contributed by atoms with van der Waals surface area (Å²) in [6.07, 6.45) is -2.00. The summed E-state index contributed by atoms with van der Waals surface area (Å²) in [6, 6.07) is 9.24. The van der Waals surface area contributed by atoms with Gasteiger partial charge in [0.05, 0.1) is 17.4 Å². The van der Waals surface area contributed by atoms with Gasteiger partial charge >= 0.3 is 6.18 Å². The molecule has 21 heavy (non-hydrogen) atoms. The number of fused-ring (bicyclic) bond motifs is 1. The number of halogens is 3. The summed E-state index contributed by atoms with van der Waals surface area (Å²) >= 11 is 0. The summed E-state index contributed by atoms with van der Waals surface area (Å²) < 4.78 is 38.4. The predicted molar refractivity (Wildman–Crippen MR) is 75.1 cm³/mol. The molecule has 5 heteroatoms. The minimum Gasteiger partial charge on any atom is -0.365 e. The maximum absolute atomic E-state index is 12.8. The monoisotopic (exact) mass is 292 g/mol. The maximum atomic E-state index is 12.8. The predicted octanol–water partition coefficient (Wildman–Crippen LogP) is 4.22. The van der Waals surface area contributed by atoms with E-state index in [2.05, 4.69) is 18.0 Å². The van der Waals surface area contributed by atoms with E-state index in [0.29, 0.717) is 18.8 Å². The molecule has 2 nitrogen and oxygen atoms in total. The van der Waals surface area contributed by atoms with E-state index in [1.807, 2.05) is 23.1 Å². The molecule has 1 atom stereocenters. The minimum atomic E-state index is -4.36. The van der Waals surface area contributed by atoms with E-state index in [4.69, 9.17) is 0 Å². The van der Waals surface area contributed by atoms with Crippen LogP contribution in [0.5, 0.6) is 0 Å². The highest BCUT2D eigenvalue weighted by Crippen LogP contribution is 2.34. The number of anilines is 1. The van der Waals surface area contributed by atoms with E-state index in [1.54, 1.807) is 0 Å². The van der Waals surface area contributed by atoms with Crippen LogP contribution in [-0.2, 0) is 12.7 Å². The molecule has 0 radical (unpaired) electrons. The van der Waals surface area contributed by atoms with Crippen molar-refractivity contribution < 1.29 is 13.2 Å². The first-order valence-electron chi connectivity index (χ1n) is 6.80.